The molecule has 0 aromatic heterocycles. The van der Waals surface area contributed by atoms with E-state index in [1.54, 1.807) is 0 Å². The van der Waals surface area contributed by atoms with Gasteiger partial charge in [-0.1, -0.05) is 19.9 Å². The SMILES string of the molecule is CC1C(=O)CCC2(C)C1CC=C1C(O)C3CC12CCC3(O)CO. The molecule has 3 saturated carbocycles. The number of hydrogen-bond acceptors (Lipinski definition) is 4. The zero-order chi connectivity index (χ0) is 16.6. The van der Waals surface area contributed by atoms with Crippen molar-refractivity contribution >= 4 is 5.78 Å². The van der Waals surface area contributed by atoms with Crippen LogP contribution in [0.15, 0.2) is 11.6 Å². The molecule has 0 amide bonds. The van der Waals surface area contributed by atoms with E-state index in [0.29, 0.717) is 24.5 Å². The van der Waals surface area contributed by atoms with Crippen molar-refractivity contribution in [3.63, 3.8) is 0 Å². The van der Waals surface area contributed by atoms with Crippen molar-refractivity contribution in [3.8, 4) is 0 Å². The molecule has 23 heavy (non-hydrogen) atoms. The van der Waals surface area contributed by atoms with Gasteiger partial charge in [0.15, 0.2) is 0 Å². The lowest BCUT2D eigenvalue weighted by Crippen LogP contribution is -2.56. The van der Waals surface area contributed by atoms with Gasteiger partial charge in [-0.2, -0.15) is 0 Å². The van der Waals surface area contributed by atoms with Crippen LogP contribution in [-0.2, 0) is 4.79 Å². The van der Waals surface area contributed by atoms with Crippen LogP contribution in [0.2, 0.25) is 0 Å². The highest BCUT2D eigenvalue weighted by atomic mass is 16.3. The summed E-state index contributed by atoms with van der Waals surface area (Å²) in [6.07, 6.45) is 5.95. The van der Waals surface area contributed by atoms with Crippen LogP contribution in [0, 0.1) is 28.6 Å². The summed E-state index contributed by atoms with van der Waals surface area (Å²) in [5.41, 5.74) is -0.162. The summed E-state index contributed by atoms with van der Waals surface area (Å²) in [7, 11) is 0. The van der Waals surface area contributed by atoms with Gasteiger partial charge in [0.05, 0.1) is 18.3 Å². The molecular weight excluding hydrogens is 292 g/mol. The summed E-state index contributed by atoms with van der Waals surface area (Å²) < 4.78 is 0. The molecule has 4 aliphatic carbocycles. The maximum atomic E-state index is 12.2. The average Bonchev–Trinajstić information content (AvgIpc) is 2.80. The molecule has 0 radical (unpaired) electrons. The summed E-state index contributed by atoms with van der Waals surface area (Å²) in [5.74, 6) is 0.504. The van der Waals surface area contributed by atoms with Crippen LogP contribution in [0.3, 0.4) is 0 Å². The minimum absolute atomic E-state index is 0.0108. The third-order valence-corrected chi connectivity index (χ3v) is 8.27. The molecule has 128 valence electrons. The van der Waals surface area contributed by atoms with Gasteiger partial charge in [-0.05, 0) is 49.0 Å². The minimum atomic E-state index is -1.16. The number of fused-ring (bicyclic) bond motifs is 2. The van der Waals surface area contributed by atoms with E-state index in [1.165, 1.54) is 0 Å². The first kappa shape index (κ1) is 15.8. The molecule has 0 heterocycles. The summed E-state index contributed by atoms with van der Waals surface area (Å²) in [6, 6.07) is 0. The molecule has 4 heteroatoms. The molecule has 4 rings (SSSR count). The molecule has 1 spiro atoms. The molecule has 3 fully saturated rings. The van der Waals surface area contributed by atoms with Gasteiger partial charge >= 0.3 is 0 Å². The number of ketones is 1. The summed E-state index contributed by atoms with van der Waals surface area (Å²) in [5, 5.41) is 31.3. The Hall–Kier alpha value is -0.710. The molecule has 0 aliphatic heterocycles. The van der Waals surface area contributed by atoms with Gasteiger partial charge < -0.3 is 15.3 Å². The van der Waals surface area contributed by atoms with Crippen molar-refractivity contribution in [2.75, 3.05) is 6.61 Å². The summed E-state index contributed by atoms with van der Waals surface area (Å²) in [4.78, 5) is 12.2. The number of aliphatic hydroxyl groups is 3. The van der Waals surface area contributed by atoms with E-state index in [-0.39, 0.29) is 29.3 Å². The maximum absolute atomic E-state index is 12.2. The fraction of sp³-hybridized carbons (Fsp3) is 0.842. The van der Waals surface area contributed by atoms with Crippen LogP contribution < -0.4 is 0 Å². The van der Waals surface area contributed by atoms with Gasteiger partial charge in [0, 0.05) is 23.7 Å². The fourth-order valence-corrected chi connectivity index (χ4v) is 6.70. The predicted molar refractivity (Wildman–Crippen MR) is 85.5 cm³/mol. The number of carbonyl (C=O) groups is 1. The molecule has 4 nitrogen and oxygen atoms in total. The Bertz CT molecular complexity index is 584. The van der Waals surface area contributed by atoms with Crippen molar-refractivity contribution in [1.82, 2.24) is 0 Å². The number of aliphatic hydroxyl groups excluding tert-OH is 2. The number of Topliss-reactive ketones (excluding diaryl/α,β-unsaturated/α-hetero) is 1. The molecule has 0 aromatic carbocycles. The quantitative estimate of drug-likeness (QED) is 0.644. The highest BCUT2D eigenvalue weighted by Gasteiger charge is 2.68. The number of hydrogen-bond donors (Lipinski definition) is 3. The summed E-state index contributed by atoms with van der Waals surface area (Å²) >= 11 is 0. The van der Waals surface area contributed by atoms with Crippen LogP contribution in [0.1, 0.15) is 52.4 Å². The third kappa shape index (κ3) is 1.70. The van der Waals surface area contributed by atoms with Gasteiger partial charge in [0.1, 0.15) is 5.78 Å². The lowest BCUT2D eigenvalue weighted by molar-refractivity contribution is -0.150. The van der Waals surface area contributed by atoms with E-state index < -0.39 is 11.7 Å². The number of allylic oxidation sites excluding steroid dienone is 1. The Balaban J connectivity index is 1.81. The van der Waals surface area contributed by atoms with E-state index in [9.17, 15) is 20.1 Å². The van der Waals surface area contributed by atoms with Gasteiger partial charge in [0.2, 0.25) is 0 Å². The normalized spacial score (nSPS) is 55.2. The largest absolute Gasteiger partial charge is 0.393 e. The molecule has 7 unspecified atom stereocenters. The first-order valence-corrected chi connectivity index (χ1v) is 9.04. The van der Waals surface area contributed by atoms with Crippen molar-refractivity contribution in [1.29, 1.82) is 0 Å². The lowest BCUT2D eigenvalue weighted by Gasteiger charge is -2.60. The van der Waals surface area contributed by atoms with Gasteiger partial charge in [-0.25, -0.2) is 0 Å². The van der Waals surface area contributed by atoms with Gasteiger partial charge in [-0.15, -0.1) is 0 Å². The molecule has 2 bridgehead atoms. The van der Waals surface area contributed by atoms with Crippen LogP contribution in [-0.4, -0.2) is 39.4 Å². The second kappa shape index (κ2) is 4.68. The number of carbonyl (C=O) groups excluding carboxylic acids is 1. The Morgan fingerprint density at radius 2 is 2.00 bits per heavy atom. The average molecular weight is 320 g/mol. The van der Waals surface area contributed by atoms with Crippen molar-refractivity contribution < 1.29 is 20.1 Å². The predicted octanol–water partition coefficient (Wildman–Crippen LogP) is 1.82. The van der Waals surface area contributed by atoms with E-state index in [2.05, 4.69) is 19.9 Å². The Labute approximate surface area is 137 Å². The lowest BCUT2D eigenvalue weighted by atomic mass is 9.44. The topological polar surface area (TPSA) is 77.8 Å². The molecule has 0 saturated heterocycles. The monoisotopic (exact) mass is 320 g/mol. The first-order chi connectivity index (χ1) is 10.8. The second-order valence-corrected chi connectivity index (χ2v) is 8.77. The third-order valence-electron chi connectivity index (χ3n) is 8.27. The zero-order valence-electron chi connectivity index (χ0n) is 14.1. The van der Waals surface area contributed by atoms with Crippen LogP contribution in [0.25, 0.3) is 0 Å². The molecular formula is C19H28O4. The zero-order valence-corrected chi connectivity index (χ0v) is 14.1. The second-order valence-electron chi connectivity index (χ2n) is 8.77. The van der Waals surface area contributed by atoms with Crippen molar-refractivity contribution in [2.45, 2.75) is 64.1 Å². The molecule has 7 atom stereocenters. The molecule has 4 aliphatic rings. The van der Waals surface area contributed by atoms with Crippen LogP contribution >= 0.6 is 0 Å². The van der Waals surface area contributed by atoms with E-state index in [4.69, 9.17) is 0 Å². The Morgan fingerprint density at radius 1 is 1.26 bits per heavy atom. The highest BCUT2D eigenvalue weighted by Crippen LogP contribution is 2.71. The van der Waals surface area contributed by atoms with Crippen LogP contribution in [0.5, 0.6) is 0 Å². The van der Waals surface area contributed by atoms with E-state index in [1.807, 2.05) is 0 Å². The Morgan fingerprint density at radius 3 is 2.70 bits per heavy atom. The molecule has 3 N–H and O–H groups in total. The fourth-order valence-electron chi connectivity index (χ4n) is 6.70. The maximum Gasteiger partial charge on any atom is 0.136 e. The van der Waals surface area contributed by atoms with Gasteiger partial charge in [0.25, 0.3) is 0 Å². The molecule has 0 aromatic rings. The van der Waals surface area contributed by atoms with E-state index in [0.717, 1.165) is 31.3 Å². The van der Waals surface area contributed by atoms with Gasteiger partial charge in [-0.3, -0.25) is 4.79 Å². The number of rotatable bonds is 1. The minimum Gasteiger partial charge on any atom is -0.393 e. The van der Waals surface area contributed by atoms with Crippen molar-refractivity contribution in [3.05, 3.63) is 11.6 Å². The Kier molecular flexibility index (Phi) is 3.21. The highest BCUT2D eigenvalue weighted by molar-refractivity contribution is 5.82. The van der Waals surface area contributed by atoms with E-state index >= 15 is 0 Å². The first-order valence-electron chi connectivity index (χ1n) is 9.04. The smallest absolute Gasteiger partial charge is 0.136 e. The van der Waals surface area contributed by atoms with Crippen molar-refractivity contribution in [2.24, 2.45) is 28.6 Å². The standard InChI is InChI=1S/C19H28O4/c1-11-12-3-4-13-16(22)14-9-18(13,7-8-19(14,23)10-20)17(12,2)6-5-15(11)21/h4,11-12,14,16,20,22-23H,3,5-10H2,1-2H3. The summed E-state index contributed by atoms with van der Waals surface area (Å²) in [6.45, 7) is 4.09. The van der Waals surface area contributed by atoms with Crippen LogP contribution in [0.4, 0.5) is 0 Å².